The van der Waals surface area contributed by atoms with Crippen LogP contribution in [0.25, 0.3) is 0 Å². The summed E-state index contributed by atoms with van der Waals surface area (Å²) in [6.45, 7) is 13.1. The summed E-state index contributed by atoms with van der Waals surface area (Å²) in [6, 6.07) is 0. The number of carbonyl (C=O) groups excluding carboxylic acids is 1. The van der Waals surface area contributed by atoms with Gasteiger partial charge in [-0.15, -0.1) is 0 Å². The standard InChI is InChI=1S/C21H37N3O/c1-5-18(4)20-14-22-24(16-20)15-19-9-12-23(13-10-19)11-7-6-8-21(25)17(2)3/h14,16-19H,5-13,15H2,1-4H3. The zero-order chi connectivity index (χ0) is 18.2. The molecular weight excluding hydrogens is 310 g/mol. The molecule has 1 fully saturated rings. The van der Waals surface area contributed by atoms with Crippen molar-refractivity contribution in [3.05, 3.63) is 18.0 Å². The highest BCUT2D eigenvalue weighted by Gasteiger charge is 2.20. The van der Waals surface area contributed by atoms with Crippen molar-refractivity contribution in [1.82, 2.24) is 14.7 Å². The third kappa shape index (κ3) is 6.58. The molecule has 0 saturated carbocycles. The Balaban J connectivity index is 1.63. The number of ketones is 1. The predicted octanol–water partition coefficient (Wildman–Crippen LogP) is 4.50. The lowest BCUT2D eigenvalue weighted by Crippen LogP contribution is -2.35. The summed E-state index contributed by atoms with van der Waals surface area (Å²) >= 11 is 0. The van der Waals surface area contributed by atoms with Gasteiger partial charge in [0.1, 0.15) is 5.78 Å². The van der Waals surface area contributed by atoms with Gasteiger partial charge in [-0.25, -0.2) is 0 Å². The molecule has 1 aliphatic rings. The normalized spacial score (nSPS) is 18.0. The molecule has 0 spiro atoms. The third-order valence-electron chi connectivity index (χ3n) is 5.78. The maximum atomic E-state index is 11.7. The molecule has 1 aliphatic heterocycles. The van der Waals surface area contributed by atoms with E-state index in [0.29, 0.717) is 11.7 Å². The summed E-state index contributed by atoms with van der Waals surface area (Å²) in [5.41, 5.74) is 1.37. The zero-order valence-corrected chi connectivity index (χ0v) is 16.7. The van der Waals surface area contributed by atoms with Gasteiger partial charge in [-0.2, -0.15) is 5.10 Å². The van der Waals surface area contributed by atoms with Gasteiger partial charge < -0.3 is 4.90 Å². The second-order valence-electron chi connectivity index (χ2n) is 8.17. The Morgan fingerprint density at radius 3 is 2.60 bits per heavy atom. The summed E-state index contributed by atoms with van der Waals surface area (Å²) in [5.74, 6) is 1.97. The van der Waals surface area contributed by atoms with Crippen LogP contribution >= 0.6 is 0 Å². The quantitative estimate of drug-likeness (QED) is 0.585. The van der Waals surface area contributed by atoms with E-state index in [9.17, 15) is 4.79 Å². The Labute approximate surface area is 154 Å². The molecule has 1 unspecified atom stereocenters. The molecule has 2 rings (SSSR count). The number of Topliss-reactive ketones (excluding diaryl/α,β-unsaturated/α-hetero) is 1. The van der Waals surface area contributed by atoms with Gasteiger partial charge in [-0.05, 0) is 69.1 Å². The number of carbonyl (C=O) groups is 1. The molecule has 25 heavy (non-hydrogen) atoms. The van der Waals surface area contributed by atoms with Gasteiger partial charge in [0.2, 0.25) is 0 Å². The lowest BCUT2D eigenvalue weighted by atomic mass is 9.96. The van der Waals surface area contributed by atoms with Crippen molar-refractivity contribution in [2.45, 2.75) is 78.7 Å². The Morgan fingerprint density at radius 1 is 1.24 bits per heavy atom. The maximum absolute atomic E-state index is 11.7. The fourth-order valence-corrected chi connectivity index (χ4v) is 3.55. The van der Waals surface area contributed by atoms with Crippen LogP contribution < -0.4 is 0 Å². The van der Waals surface area contributed by atoms with Gasteiger partial charge in [-0.1, -0.05) is 27.7 Å². The van der Waals surface area contributed by atoms with Crippen LogP contribution in [0.15, 0.2) is 12.4 Å². The van der Waals surface area contributed by atoms with E-state index in [1.807, 2.05) is 20.0 Å². The fourth-order valence-electron chi connectivity index (χ4n) is 3.55. The van der Waals surface area contributed by atoms with Crippen LogP contribution in [-0.2, 0) is 11.3 Å². The van der Waals surface area contributed by atoms with Crippen molar-refractivity contribution < 1.29 is 4.79 Å². The molecule has 0 aliphatic carbocycles. The lowest BCUT2D eigenvalue weighted by molar-refractivity contribution is -0.122. The number of hydrogen-bond acceptors (Lipinski definition) is 3. The molecule has 0 N–H and O–H groups in total. The smallest absolute Gasteiger partial charge is 0.135 e. The molecule has 4 nitrogen and oxygen atoms in total. The van der Waals surface area contributed by atoms with E-state index in [4.69, 9.17) is 0 Å². The van der Waals surface area contributed by atoms with Gasteiger partial charge in [0.15, 0.2) is 0 Å². The molecule has 2 heterocycles. The summed E-state index contributed by atoms with van der Waals surface area (Å²) in [4.78, 5) is 14.2. The average Bonchev–Trinajstić information content (AvgIpc) is 3.07. The predicted molar refractivity (Wildman–Crippen MR) is 104 cm³/mol. The average molecular weight is 348 g/mol. The Morgan fingerprint density at radius 2 is 1.96 bits per heavy atom. The van der Waals surface area contributed by atoms with Crippen molar-refractivity contribution in [1.29, 1.82) is 0 Å². The van der Waals surface area contributed by atoms with Gasteiger partial charge in [-0.3, -0.25) is 9.48 Å². The van der Waals surface area contributed by atoms with Crippen molar-refractivity contribution >= 4 is 5.78 Å². The Bertz CT molecular complexity index is 515. The summed E-state index contributed by atoms with van der Waals surface area (Å²) in [6.07, 6.45) is 10.9. The molecule has 1 atom stereocenters. The highest BCUT2D eigenvalue weighted by molar-refractivity contribution is 5.80. The van der Waals surface area contributed by atoms with Crippen LogP contribution in [0, 0.1) is 11.8 Å². The van der Waals surface area contributed by atoms with Crippen LogP contribution in [0.5, 0.6) is 0 Å². The van der Waals surface area contributed by atoms with Crippen molar-refractivity contribution in [2.75, 3.05) is 19.6 Å². The first-order valence-corrected chi connectivity index (χ1v) is 10.3. The highest BCUT2D eigenvalue weighted by atomic mass is 16.1. The van der Waals surface area contributed by atoms with Crippen molar-refractivity contribution in [3.8, 4) is 0 Å². The first-order valence-electron chi connectivity index (χ1n) is 10.3. The van der Waals surface area contributed by atoms with E-state index in [1.165, 1.54) is 37.9 Å². The SMILES string of the molecule is CCC(C)c1cnn(CC2CCN(CCCCC(=O)C(C)C)CC2)c1. The number of hydrogen-bond donors (Lipinski definition) is 0. The topological polar surface area (TPSA) is 38.1 Å². The minimum Gasteiger partial charge on any atom is -0.303 e. The Hall–Kier alpha value is -1.16. The number of unbranched alkanes of at least 4 members (excludes halogenated alkanes) is 1. The van der Waals surface area contributed by atoms with Gasteiger partial charge in [0.25, 0.3) is 0 Å². The maximum Gasteiger partial charge on any atom is 0.135 e. The van der Waals surface area contributed by atoms with Crippen LogP contribution in [0.1, 0.15) is 77.7 Å². The zero-order valence-electron chi connectivity index (χ0n) is 16.7. The van der Waals surface area contributed by atoms with E-state index in [2.05, 4.69) is 34.7 Å². The van der Waals surface area contributed by atoms with E-state index < -0.39 is 0 Å². The van der Waals surface area contributed by atoms with Gasteiger partial charge in [0, 0.05) is 25.1 Å². The highest BCUT2D eigenvalue weighted by Crippen LogP contribution is 2.22. The van der Waals surface area contributed by atoms with Crippen molar-refractivity contribution in [2.24, 2.45) is 11.8 Å². The van der Waals surface area contributed by atoms with Gasteiger partial charge in [0.05, 0.1) is 6.20 Å². The molecule has 1 aromatic rings. The second kappa shape index (κ2) is 10.1. The Kier molecular flexibility index (Phi) is 8.14. The molecule has 0 amide bonds. The number of nitrogens with zero attached hydrogens (tertiary/aromatic N) is 3. The fraction of sp³-hybridized carbons (Fsp3) is 0.810. The molecule has 0 bridgehead atoms. The number of aromatic nitrogens is 2. The number of rotatable bonds is 10. The summed E-state index contributed by atoms with van der Waals surface area (Å²) < 4.78 is 2.15. The number of likely N-dealkylation sites (tertiary alicyclic amines) is 1. The molecule has 1 saturated heterocycles. The molecule has 0 aromatic carbocycles. The summed E-state index contributed by atoms with van der Waals surface area (Å²) in [7, 11) is 0. The molecular formula is C21H37N3O. The minimum atomic E-state index is 0.193. The molecule has 4 heteroatoms. The first-order chi connectivity index (χ1) is 12.0. The third-order valence-corrected chi connectivity index (χ3v) is 5.78. The lowest BCUT2D eigenvalue weighted by Gasteiger charge is -2.31. The number of piperidine rings is 1. The second-order valence-corrected chi connectivity index (χ2v) is 8.17. The van der Waals surface area contributed by atoms with Crippen LogP contribution in [0.2, 0.25) is 0 Å². The van der Waals surface area contributed by atoms with E-state index in [-0.39, 0.29) is 5.92 Å². The minimum absolute atomic E-state index is 0.193. The first kappa shape index (κ1) is 20.2. The van der Waals surface area contributed by atoms with E-state index in [0.717, 1.165) is 38.3 Å². The van der Waals surface area contributed by atoms with Crippen LogP contribution in [0.4, 0.5) is 0 Å². The molecule has 1 aromatic heterocycles. The van der Waals surface area contributed by atoms with Crippen LogP contribution in [0.3, 0.4) is 0 Å². The van der Waals surface area contributed by atoms with Crippen LogP contribution in [-0.4, -0.2) is 40.1 Å². The monoisotopic (exact) mass is 347 g/mol. The van der Waals surface area contributed by atoms with E-state index >= 15 is 0 Å². The molecule has 142 valence electrons. The largest absolute Gasteiger partial charge is 0.303 e. The van der Waals surface area contributed by atoms with E-state index in [1.54, 1.807) is 0 Å². The summed E-state index contributed by atoms with van der Waals surface area (Å²) in [5, 5.41) is 4.56. The molecule has 0 radical (unpaired) electrons. The van der Waals surface area contributed by atoms with Gasteiger partial charge >= 0.3 is 0 Å². The van der Waals surface area contributed by atoms with Crippen molar-refractivity contribution in [3.63, 3.8) is 0 Å².